The van der Waals surface area contributed by atoms with E-state index in [0.717, 1.165) is 39.1 Å². The maximum Gasteiger partial charge on any atom is 0.0771 e. The van der Waals surface area contributed by atoms with Crippen LogP contribution in [0.15, 0.2) is 0 Å². The molecule has 114 valence electrons. The predicted molar refractivity (Wildman–Crippen MR) is 82.0 cm³/mol. The van der Waals surface area contributed by atoms with E-state index < -0.39 is 0 Å². The van der Waals surface area contributed by atoms with E-state index in [0.29, 0.717) is 6.10 Å². The van der Waals surface area contributed by atoms with Crippen molar-refractivity contribution < 1.29 is 4.74 Å². The number of hydrogen-bond donors (Lipinski definition) is 1. The minimum atomic E-state index is 0.352. The summed E-state index contributed by atoms with van der Waals surface area (Å²) in [5, 5.41) is 8.29. The van der Waals surface area contributed by atoms with Gasteiger partial charge in [0, 0.05) is 24.4 Å². The topological polar surface area (TPSA) is 39.1 Å². The van der Waals surface area contributed by atoms with Gasteiger partial charge in [0.2, 0.25) is 0 Å². The van der Waals surface area contributed by atoms with Crippen LogP contribution in [-0.4, -0.2) is 29.0 Å². The Balaban J connectivity index is 2.15. The Morgan fingerprint density at radius 2 is 2.10 bits per heavy atom. The summed E-state index contributed by atoms with van der Waals surface area (Å²) in [6, 6.07) is 0. The van der Waals surface area contributed by atoms with Gasteiger partial charge in [-0.1, -0.05) is 20.8 Å². The number of hydrogen-bond acceptors (Lipinski definition) is 3. The average Bonchev–Trinajstić information content (AvgIpc) is 2.82. The van der Waals surface area contributed by atoms with E-state index in [1.807, 2.05) is 0 Å². The van der Waals surface area contributed by atoms with E-state index >= 15 is 0 Å². The second-order valence-electron chi connectivity index (χ2n) is 5.53. The molecule has 0 aliphatic carbocycles. The minimum Gasteiger partial charge on any atom is -0.376 e. The first-order valence-corrected chi connectivity index (χ1v) is 8.19. The van der Waals surface area contributed by atoms with Crippen molar-refractivity contribution in [3.05, 3.63) is 17.0 Å². The fourth-order valence-corrected chi connectivity index (χ4v) is 3.02. The Labute approximate surface area is 122 Å². The molecular weight excluding hydrogens is 250 g/mol. The van der Waals surface area contributed by atoms with Gasteiger partial charge in [0.1, 0.15) is 0 Å². The smallest absolute Gasteiger partial charge is 0.0771 e. The molecule has 2 heterocycles. The van der Waals surface area contributed by atoms with E-state index in [1.165, 1.54) is 36.2 Å². The summed E-state index contributed by atoms with van der Waals surface area (Å²) < 4.78 is 8.08. The Morgan fingerprint density at radius 1 is 1.25 bits per heavy atom. The fraction of sp³-hybridized carbons (Fsp3) is 0.812. The van der Waals surface area contributed by atoms with Crippen LogP contribution in [0.25, 0.3) is 0 Å². The lowest BCUT2D eigenvalue weighted by Crippen LogP contribution is -2.26. The molecule has 1 unspecified atom stereocenters. The quantitative estimate of drug-likeness (QED) is 0.834. The van der Waals surface area contributed by atoms with E-state index in [2.05, 4.69) is 30.8 Å². The molecule has 0 spiro atoms. The van der Waals surface area contributed by atoms with Crippen molar-refractivity contribution in [1.29, 1.82) is 0 Å². The zero-order chi connectivity index (χ0) is 14.4. The second kappa shape index (κ2) is 7.79. The van der Waals surface area contributed by atoms with Crippen LogP contribution in [0.3, 0.4) is 0 Å². The molecule has 0 aromatic carbocycles. The molecule has 1 aliphatic heterocycles. The Hall–Kier alpha value is -0.870. The normalized spacial score (nSPS) is 19.4. The van der Waals surface area contributed by atoms with Gasteiger partial charge >= 0.3 is 0 Å². The Kier molecular flexibility index (Phi) is 6.05. The molecule has 1 fully saturated rings. The van der Waals surface area contributed by atoms with Crippen LogP contribution >= 0.6 is 0 Å². The van der Waals surface area contributed by atoms with Crippen LogP contribution in [0.4, 0.5) is 0 Å². The SMILES string of the molecule is CCNCc1c(CC)nn(CC2CCCCO2)c1CC. The molecule has 20 heavy (non-hydrogen) atoms. The van der Waals surface area contributed by atoms with Gasteiger partial charge in [0.05, 0.1) is 18.3 Å². The molecule has 4 nitrogen and oxygen atoms in total. The zero-order valence-corrected chi connectivity index (χ0v) is 13.2. The largest absolute Gasteiger partial charge is 0.376 e. The van der Waals surface area contributed by atoms with Crippen LogP contribution in [0.2, 0.25) is 0 Å². The molecule has 1 aromatic heterocycles. The third-order valence-electron chi connectivity index (χ3n) is 4.12. The van der Waals surface area contributed by atoms with Crippen molar-refractivity contribution in [2.45, 2.75) is 72.1 Å². The highest BCUT2D eigenvalue weighted by Gasteiger charge is 2.20. The van der Waals surface area contributed by atoms with Gasteiger partial charge < -0.3 is 10.1 Å². The highest BCUT2D eigenvalue weighted by Crippen LogP contribution is 2.20. The van der Waals surface area contributed by atoms with Crippen LogP contribution in [-0.2, 0) is 30.7 Å². The summed E-state index contributed by atoms with van der Waals surface area (Å²) in [7, 11) is 0. The number of nitrogens with one attached hydrogen (secondary N) is 1. The zero-order valence-electron chi connectivity index (χ0n) is 13.2. The second-order valence-corrected chi connectivity index (χ2v) is 5.53. The molecular formula is C16H29N3O. The molecule has 0 radical (unpaired) electrons. The molecule has 1 aromatic rings. The average molecular weight is 279 g/mol. The highest BCUT2D eigenvalue weighted by molar-refractivity contribution is 5.26. The lowest BCUT2D eigenvalue weighted by molar-refractivity contribution is 0.00348. The lowest BCUT2D eigenvalue weighted by Gasteiger charge is -2.23. The van der Waals surface area contributed by atoms with E-state index in [-0.39, 0.29) is 0 Å². The maximum atomic E-state index is 5.87. The molecule has 2 rings (SSSR count). The van der Waals surface area contributed by atoms with Gasteiger partial charge in [0.15, 0.2) is 0 Å². The molecule has 4 heteroatoms. The predicted octanol–water partition coefficient (Wildman–Crippen LogP) is 2.69. The summed E-state index contributed by atoms with van der Waals surface area (Å²) in [6.07, 6.45) is 6.07. The first-order chi connectivity index (χ1) is 9.80. The molecule has 0 saturated carbocycles. The molecule has 1 atom stereocenters. The molecule has 1 aliphatic rings. The maximum absolute atomic E-state index is 5.87. The summed E-state index contributed by atoms with van der Waals surface area (Å²) in [5.41, 5.74) is 4.04. The van der Waals surface area contributed by atoms with Gasteiger partial charge in [0.25, 0.3) is 0 Å². The summed E-state index contributed by atoms with van der Waals surface area (Å²) in [4.78, 5) is 0. The van der Waals surface area contributed by atoms with E-state index in [4.69, 9.17) is 9.84 Å². The number of ether oxygens (including phenoxy) is 1. The van der Waals surface area contributed by atoms with Crippen molar-refractivity contribution in [1.82, 2.24) is 15.1 Å². The number of rotatable bonds is 7. The van der Waals surface area contributed by atoms with E-state index in [9.17, 15) is 0 Å². The monoisotopic (exact) mass is 279 g/mol. The van der Waals surface area contributed by atoms with Gasteiger partial charge in [-0.05, 0) is 38.6 Å². The molecule has 1 saturated heterocycles. The van der Waals surface area contributed by atoms with Crippen molar-refractivity contribution in [2.24, 2.45) is 0 Å². The number of aromatic nitrogens is 2. The van der Waals surface area contributed by atoms with Crippen molar-refractivity contribution in [3.63, 3.8) is 0 Å². The van der Waals surface area contributed by atoms with Crippen molar-refractivity contribution in [3.8, 4) is 0 Å². The van der Waals surface area contributed by atoms with Gasteiger partial charge in [-0.3, -0.25) is 4.68 Å². The Bertz CT molecular complexity index is 408. The summed E-state index contributed by atoms with van der Waals surface area (Å²) >= 11 is 0. The first-order valence-electron chi connectivity index (χ1n) is 8.19. The molecule has 0 amide bonds. The third-order valence-corrected chi connectivity index (χ3v) is 4.12. The summed E-state index contributed by atoms with van der Waals surface area (Å²) in [6.45, 7) is 10.3. The van der Waals surface area contributed by atoms with Gasteiger partial charge in [-0.2, -0.15) is 5.10 Å². The number of nitrogens with zero attached hydrogens (tertiary/aromatic N) is 2. The lowest BCUT2D eigenvalue weighted by atomic mass is 10.1. The minimum absolute atomic E-state index is 0.352. The highest BCUT2D eigenvalue weighted by atomic mass is 16.5. The van der Waals surface area contributed by atoms with E-state index in [1.54, 1.807) is 0 Å². The standard InChI is InChI=1S/C16H29N3O/c1-4-15-14(11-17-6-3)16(5-2)19(18-15)12-13-9-7-8-10-20-13/h13,17H,4-12H2,1-3H3. The summed E-state index contributed by atoms with van der Waals surface area (Å²) in [5.74, 6) is 0. The third kappa shape index (κ3) is 3.61. The van der Waals surface area contributed by atoms with Gasteiger partial charge in [-0.15, -0.1) is 0 Å². The molecule has 0 bridgehead atoms. The Morgan fingerprint density at radius 3 is 2.70 bits per heavy atom. The van der Waals surface area contributed by atoms with Crippen LogP contribution in [0.5, 0.6) is 0 Å². The van der Waals surface area contributed by atoms with Crippen LogP contribution in [0, 0.1) is 0 Å². The molecule has 1 N–H and O–H groups in total. The van der Waals surface area contributed by atoms with Crippen LogP contribution in [0.1, 0.15) is 57.0 Å². The fourth-order valence-electron chi connectivity index (χ4n) is 3.02. The van der Waals surface area contributed by atoms with Crippen molar-refractivity contribution >= 4 is 0 Å². The van der Waals surface area contributed by atoms with Crippen molar-refractivity contribution in [2.75, 3.05) is 13.2 Å². The van der Waals surface area contributed by atoms with Gasteiger partial charge in [-0.25, -0.2) is 0 Å². The number of aryl methyl sites for hydroxylation is 1. The van der Waals surface area contributed by atoms with Crippen LogP contribution < -0.4 is 5.32 Å². The first kappa shape index (κ1) is 15.5.